The van der Waals surface area contributed by atoms with Gasteiger partial charge in [-0.2, -0.15) is 0 Å². The number of nitro groups is 1. The van der Waals surface area contributed by atoms with E-state index in [9.17, 15) is 14.9 Å². The van der Waals surface area contributed by atoms with Crippen molar-refractivity contribution in [2.45, 2.75) is 11.9 Å². The summed E-state index contributed by atoms with van der Waals surface area (Å²) in [6.45, 7) is 1.58. The van der Waals surface area contributed by atoms with E-state index in [0.717, 1.165) is 11.8 Å². The van der Waals surface area contributed by atoms with Crippen LogP contribution in [0.1, 0.15) is 5.56 Å². The molecule has 80 valence electrons. The normalized spacial score (nSPS) is 9.93. The molecule has 0 amide bonds. The van der Waals surface area contributed by atoms with Gasteiger partial charge >= 0.3 is 5.97 Å². The minimum atomic E-state index is -0.981. The molecular formula is C8H8N2O4S. The van der Waals surface area contributed by atoms with Crippen LogP contribution in [-0.2, 0) is 4.79 Å². The number of hydrogen-bond donors (Lipinski definition) is 1. The third-order valence-electron chi connectivity index (χ3n) is 1.59. The number of carboxylic acid groups (broad SMARTS) is 1. The Kier molecular flexibility index (Phi) is 3.62. The molecule has 6 nitrogen and oxygen atoms in total. The predicted molar refractivity (Wildman–Crippen MR) is 54.0 cm³/mol. The van der Waals surface area contributed by atoms with Crippen molar-refractivity contribution in [2.75, 3.05) is 5.75 Å². The van der Waals surface area contributed by atoms with Crippen LogP contribution in [0.15, 0.2) is 17.3 Å². The summed E-state index contributed by atoms with van der Waals surface area (Å²) in [6, 6.07) is 1.28. The standard InChI is InChI=1S/C8H8N2O4S/c1-5-3-9-7(15-4-8(11)12)2-6(5)10(13)14/h2-3H,4H2,1H3,(H,11,12). The van der Waals surface area contributed by atoms with E-state index < -0.39 is 10.9 Å². The second-order valence-electron chi connectivity index (χ2n) is 2.75. The van der Waals surface area contributed by atoms with E-state index in [4.69, 9.17) is 5.11 Å². The summed E-state index contributed by atoms with van der Waals surface area (Å²) in [7, 11) is 0. The lowest BCUT2D eigenvalue weighted by molar-refractivity contribution is -0.385. The van der Waals surface area contributed by atoms with Crippen LogP contribution in [0.3, 0.4) is 0 Å². The average molecular weight is 228 g/mol. The number of aromatic nitrogens is 1. The van der Waals surface area contributed by atoms with Gasteiger partial charge < -0.3 is 5.11 Å². The van der Waals surface area contributed by atoms with Gasteiger partial charge in [0.15, 0.2) is 0 Å². The molecule has 0 fully saturated rings. The summed E-state index contributed by atoms with van der Waals surface area (Å²) in [5.74, 6) is -1.14. The van der Waals surface area contributed by atoms with Crippen molar-refractivity contribution in [3.05, 3.63) is 27.9 Å². The largest absolute Gasteiger partial charge is 0.481 e. The van der Waals surface area contributed by atoms with E-state index in [0.29, 0.717) is 10.6 Å². The topological polar surface area (TPSA) is 93.3 Å². The third kappa shape index (κ3) is 3.21. The average Bonchev–Trinajstić information content (AvgIpc) is 2.16. The van der Waals surface area contributed by atoms with Crippen LogP contribution in [-0.4, -0.2) is 26.7 Å². The number of carbonyl (C=O) groups is 1. The fraction of sp³-hybridized carbons (Fsp3) is 0.250. The van der Waals surface area contributed by atoms with Gasteiger partial charge in [-0.15, -0.1) is 0 Å². The quantitative estimate of drug-likeness (QED) is 0.476. The molecule has 0 saturated heterocycles. The Morgan fingerprint density at radius 1 is 1.73 bits per heavy atom. The molecule has 7 heteroatoms. The van der Waals surface area contributed by atoms with Crippen LogP contribution in [0.2, 0.25) is 0 Å². The van der Waals surface area contributed by atoms with Crippen molar-refractivity contribution < 1.29 is 14.8 Å². The molecule has 0 spiro atoms. The van der Waals surface area contributed by atoms with Crippen LogP contribution in [0, 0.1) is 17.0 Å². The van der Waals surface area contributed by atoms with Gasteiger partial charge in [0, 0.05) is 17.8 Å². The second-order valence-corrected chi connectivity index (χ2v) is 3.74. The summed E-state index contributed by atoms with van der Waals surface area (Å²) in [5.41, 5.74) is 0.414. The maximum Gasteiger partial charge on any atom is 0.313 e. The van der Waals surface area contributed by atoms with Gasteiger partial charge in [-0.3, -0.25) is 14.9 Å². The van der Waals surface area contributed by atoms with Gasteiger partial charge in [0.05, 0.1) is 10.7 Å². The number of hydrogen-bond acceptors (Lipinski definition) is 5. The molecule has 0 saturated carbocycles. The summed E-state index contributed by atoms with van der Waals surface area (Å²) >= 11 is 0.954. The minimum Gasteiger partial charge on any atom is -0.481 e. The summed E-state index contributed by atoms with van der Waals surface area (Å²) in [6.07, 6.45) is 1.36. The number of rotatable bonds is 4. The molecule has 0 bridgehead atoms. The van der Waals surface area contributed by atoms with Crippen LogP contribution in [0.5, 0.6) is 0 Å². The van der Waals surface area contributed by atoms with Crippen molar-refractivity contribution >= 4 is 23.4 Å². The summed E-state index contributed by atoms with van der Waals surface area (Å²) < 4.78 is 0. The zero-order valence-electron chi connectivity index (χ0n) is 7.84. The third-order valence-corrected chi connectivity index (χ3v) is 2.50. The molecule has 0 aliphatic heterocycles. The van der Waals surface area contributed by atoms with E-state index in [2.05, 4.69) is 4.98 Å². The Morgan fingerprint density at radius 2 is 2.40 bits per heavy atom. The van der Waals surface area contributed by atoms with E-state index >= 15 is 0 Å². The van der Waals surface area contributed by atoms with Crippen LogP contribution in [0.4, 0.5) is 5.69 Å². The smallest absolute Gasteiger partial charge is 0.313 e. The highest BCUT2D eigenvalue weighted by atomic mass is 32.2. The maximum absolute atomic E-state index is 10.6. The number of pyridine rings is 1. The molecule has 0 aromatic carbocycles. The van der Waals surface area contributed by atoms with Gasteiger partial charge in [0.25, 0.3) is 5.69 Å². The highest BCUT2D eigenvalue weighted by Crippen LogP contribution is 2.23. The molecule has 0 atom stereocenters. The van der Waals surface area contributed by atoms with Crippen molar-refractivity contribution in [3.8, 4) is 0 Å². The molecule has 1 heterocycles. The Bertz CT molecular complexity index is 408. The van der Waals surface area contributed by atoms with Gasteiger partial charge in [-0.25, -0.2) is 4.98 Å². The van der Waals surface area contributed by atoms with Gasteiger partial charge in [-0.1, -0.05) is 11.8 Å². The van der Waals surface area contributed by atoms with E-state index in [1.54, 1.807) is 6.92 Å². The van der Waals surface area contributed by atoms with Gasteiger partial charge in [-0.05, 0) is 6.92 Å². The first-order valence-corrected chi connectivity index (χ1v) is 4.95. The molecule has 15 heavy (non-hydrogen) atoms. The Morgan fingerprint density at radius 3 is 2.93 bits per heavy atom. The fourth-order valence-corrected chi connectivity index (χ4v) is 1.50. The van der Waals surface area contributed by atoms with Gasteiger partial charge in [0.2, 0.25) is 0 Å². The molecule has 0 radical (unpaired) electrons. The zero-order chi connectivity index (χ0) is 11.4. The minimum absolute atomic E-state index is 0.0436. The van der Waals surface area contributed by atoms with E-state index in [1.807, 2.05) is 0 Å². The summed E-state index contributed by atoms with van der Waals surface area (Å²) in [5, 5.41) is 19.3. The molecule has 1 rings (SSSR count). The Labute approximate surface area is 89.5 Å². The highest BCUT2D eigenvalue weighted by molar-refractivity contribution is 7.99. The monoisotopic (exact) mass is 228 g/mol. The van der Waals surface area contributed by atoms with Crippen LogP contribution in [0.25, 0.3) is 0 Å². The predicted octanol–water partition coefficient (Wildman–Crippen LogP) is 1.47. The molecule has 0 aliphatic carbocycles. The molecule has 1 aromatic heterocycles. The molecule has 1 N–H and O–H groups in total. The number of thioether (sulfide) groups is 1. The molecule has 1 aromatic rings. The number of nitrogens with zero attached hydrogens (tertiary/aromatic N) is 2. The lowest BCUT2D eigenvalue weighted by atomic mass is 10.3. The lowest BCUT2D eigenvalue weighted by Gasteiger charge is -1.99. The highest BCUT2D eigenvalue weighted by Gasteiger charge is 2.12. The van der Waals surface area contributed by atoms with Crippen molar-refractivity contribution in [3.63, 3.8) is 0 Å². The fourth-order valence-electron chi connectivity index (χ4n) is 0.906. The molecular weight excluding hydrogens is 220 g/mol. The number of carboxylic acids is 1. The summed E-state index contributed by atoms with van der Waals surface area (Å²) in [4.78, 5) is 24.2. The Balaban J connectivity index is 2.87. The van der Waals surface area contributed by atoms with Gasteiger partial charge in [0.1, 0.15) is 5.03 Å². The van der Waals surface area contributed by atoms with E-state index in [-0.39, 0.29) is 11.4 Å². The van der Waals surface area contributed by atoms with E-state index in [1.165, 1.54) is 12.3 Å². The first-order valence-electron chi connectivity index (χ1n) is 3.96. The van der Waals surface area contributed by atoms with Crippen molar-refractivity contribution in [1.82, 2.24) is 4.98 Å². The zero-order valence-corrected chi connectivity index (χ0v) is 8.65. The maximum atomic E-state index is 10.6. The molecule has 0 unspecified atom stereocenters. The lowest BCUT2D eigenvalue weighted by Crippen LogP contribution is -1.99. The van der Waals surface area contributed by atoms with Crippen LogP contribution < -0.4 is 0 Å². The first-order chi connectivity index (χ1) is 7.00. The molecule has 0 aliphatic rings. The number of aryl methyl sites for hydroxylation is 1. The SMILES string of the molecule is Cc1cnc(SCC(=O)O)cc1[N+](=O)[O-]. The van der Waals surface area contributed by atoms with Crippen molar-refractivity contribution in [2.24, 2.45) is 0 Å². The van der Waals surface area contributed by atoms with Crippen molar-refractivity contribution in [1.29, 1.82) is 0 Å². The number of aliphatic carboxylic acids is 1. The Hall–Kier alpha value is -1.63. The van der Waals surface area contributed by atoms with Crippen LogP contribution >= 0.6 is 11.8 Å². The first kappa shape index (κ1) is 11.4. The second kappa shape index (κ2) is 4.74.